The number of hydrogen-bond acceptors (Lipinski definition) is 4. The number of amides is 3. The predicted octanol–water partition coefficient (Wildman–Crippen LogP) is -0.617. The number of fused-ring (bicyclic) bond motifs is 5. The lowest BCUT2D eigenvalue weighted by Gasteiger charge is -2.17. The SMILES string of the molecule is C[C@H](NC(=O)CN1C(=O)[C@@H]2[C@@H](C1=O)[C@H]1C=C[C@H]2C1)C(=O)O. The third-order valence-corrected chi connectivity index (χ3v) is 4.61. The maximum absolute atomic E-state index is 12.3. The van der Waals surface area contributed by atoms with Gasteiger partial charge < -0.3 is 10.4 Å². The Balaban J connectivity index is 1.68. The van der Waals surface area contributed by atoms with Gasteiger partial charge in [-0.3, -0.25) is 24.1 Å². The van der Waals surface area contributed by atoms with Crippen LogP contribution < -0.4 is 5.32 Å². The van der Waals surface area contributed by atoms with Crippen molar-refractivity contribution in [3.05, 3.63) is 12.2 Å². The third kappa shape index (κ3) is 2.03. The molecule has 0 spiro atoms. The van der Waals surface area contributed by atoms with Gasteiger partial charge in [0.25, 0.3) is 0 Å². The van der Waals surface area contributed by atoms with Gasteiger partial charge in [0.15, 0.2) is 0 Å². The monoisotopic (exact) mass is 292 g/mol. The van der Waals surface area contributed by atoms with E-state index < -0.39 is 24.5 Å². The average Bonchev–Trinajstić information content (AvgIpc) is 3.08. The van der Waals surface area contributed by atoms with E-state index in [1.54, 1.807) is 0 Å². The highest BCUT2D eigenvalue weighted by molar-refractivity contribution is 6.08. The smallest absolute Gasteiger partial charge is 0.325 e. The highest BCUT2D eigenvalue weighted by Gasteiger charge is 2.59. The highest BCUT2D eigenvalue weighted by atomic mass is 16.4. The normalized spacial score (nSPS) is 34.2. The maximum Gasteiger partial charge on any atom is 0.325 e. The number of nitrogens with zero attached hydrogens (tertiary/aromatic N) is 1. The van der Waals surface area contributed by atoms with Crippen molar-refractivity contribution in [1.29, 1.82) is 0 Å². The summed E-state index contributed by atoms with van der Waals surface area (Å²) in [6.07, 6.45) is 4.79. The molecular weight excluding hydrogens is 276 g/mol. The van der Waals surface area contributed by atoms with Crippen LogP contribution in [0.3, 0.4) is 0 Å². The van der Waals surface area contributed by atoms with Crippen molar-refractivity contribution in [1.82, 2.24) is 10.2 Å². The number of aliphatic carboxylic acids is 1. The Morgan fingerprint density at radius 1 is 1.29 bits per heavy atom. The summed E-state index contributed by atoms with van der Waals surface area (Å²) in [5.74, 6) is -2.88. The molecule has 5 atom stereocenters. The van der Waals surface area contributed by atoms with Gasteiger partial charge in [-0.25, -0.2) is 0 Å². The Kier molecular flexibility index (Phi) is 3.07. The van der Waals surface area contributed by atoms with Crippen LogP contribution >= 0.6 is 0 Å². The Hall–Kier alpha value is -2.18. The Bertz CT molecular complexity index is 540. The zero-order valence-corrected chi connectivity index (χ0v) is 11.5. The number of carbonyl (C=O) groups excluding carboxylic acids is 3. The molecule has 0 unspecified atom stereocenters. The van der Waals surface area contributed by atoms with Gasteiger partial charge in [0.2, 0.25) is 17.7 Å². The molecule has 0 radical (unpaired) electrons. The number of imide groups is 1. The van der Waals surface area contributed by atoms with Crippen molar-refractivity contribution in [2.45, 2.75) is 19.4 Å². The van der Waals surface area contributed by atoms with Gasteiger partial charge in [-0.1, -0.05) is 12.2 Å². The van der Waals surface area contributed by atoms with Gasteiger partial charge in [-0.15, -0.1) is 0 Å². The highest BCUT2D eigenvalue weighted by Crippen LogP contribution is 2.52. The zero-order valence-electron chi connectivity index (χ0n) is 11.5. The minimum absolute atomic E-state index is 0.0995. The quantitative estimate of drug-likeness (QED) is 0.531. The summed E-state index contributed by atoms with van der Waals surface area (Å²) in [5, 5.41) is 11.0. The van der Waals surface area contributed by atoms with Crippen molar-refractivity contribution in [3.63, 3.8) is 0 Å². The number of nitrogens with one attached hydrogen (secondary N) is 1. The van der Waals surface area contributed by atoms with E-state index in [0.29, 0.717) is 0 Å². The molecule has 2 N–H and O–H groups in total. The van der Waals surface area contributed by atoms with Gasteiger partial charge in [0.1, 0.15) is 12.6 Å². The fraction of sp³-hybridized carbons (Fsp3) is 0.571. The lowest BCUT2D eigenvalue weighted by atomic mass is 9.85. The second-order valence-electron chi connectivity index (χ2n) is 5.89. The minimum Gasteiger partial charge on any atom is -0.480 e. The molecule has 0 aromatic carbocycles. The fourth-order valence-electron chi connectivity index (χ4n) is 3.61. The van der Waals surface area contributed by atoms with Crippen molar-refractivity contribution in [2.24, 2.45) is 23.7 Å². The number of allylic oxidation sites excluding steroid dienone is 2. The summed E-state index contributed by atoms with van der Waals surface area (Å²) in [6.45, 7) is 0.925. The maximum atomic E-state index is 12.3. The van der Waals surface area contributed by atoms with E-state index in [0.717, 1.165) is 11.3 Å². The second-order valence-corrected chi connectivity index (χ2v) is 5.89. The number of rotatable bonds is 4. The second kappa shape index (κ2) is 4.68. The van der Waals surface area contributed by atoms with Crippen LogP contribution in [-0.4, -0.2) is 46.3 Å². The molecule has 1 saturated carbocycles. The standard InChI is InChI=1S/C14H16N2O5/c1-6(14(20)21)15-9(17)5-16-12(18)10-7-2-3-8(4-7)11(10)13(16)19/h2-3,6-8,10-11H,4-5H2,1H3,(H,15,17)(H,20,21)/t6-,7-,8-,10-,11-/m0/s1. The van der Waals surface area contributed by atoms with E-state index >= 15 is 0 Å². The molecule has 2 fully saturated rings. The first-order valence-electron chi connectivity index (χ1n) is 6.96. The van der Waals surface area contributed by atoms with Crippen LogP contribution in [0.1, 0.15) is 13.3 Å². The van der Waals surface area contributed by atoms with Crippen LogP contribution in [0.25, 0.3) is 0 Å². The number of likely N-dealkylation sites (tertiary alicyclic amines) is 1. The summed E-state index contributed by atoms with van der Waals surface area (Å²) in [6, 6.07) is -1.05. The molecule has 3 amide bonds. The number of carboxylic acids is 1. The van der Waals surface area contributed by atoms with Gasteiger partial charge in [-0.2, -0.15) is 0 Å². The predicted molar refractivity (Wildman–Crippen MR) is 69.7 cm³/mol. The van der Waals surface area contributed by atoms with Crippen molar-refractivity contribution >= 4 is 23.7 Å². The fourth-order valence-corrected chi connectivity index (χ4v) is 3.61. The molecule has 2 aliphatic carbocycles. The molecule has 1 heterocycles. The molecule has 0 aromatic heterocycles. The van der Waals surface area contributed by atoms with Crippen LogP contribution in [0.2, 0.25) is 0 Å². The molecular formula is C14H16N2O5. The molecule has 3 aliphatic rings. The Morgan fingerprint density at radius 2 is 1.81 bits per heavy atom. The Labute approximate surface area is 121 Å². The van der Waals surface area contributed by atoms with Crippen LogP contribution in [0.15, 0.2) is 12.2 Å². The van der Waals surface area contributed by atoms with Gasteiger partial charge >= 0.3 is 5.97 Å². The zero-order chi connectivity index (χ0) is 15.3. The largest absolute Gasteiger partial charge is 0.480 e. The summed E-state index contributed by atoms with van der Waals surface area (Å²) < 4.78 is 0. The van der Waals surface area contributed by atoms with Crippen LogP contribution in [0.5, 0.6) is 0 Å². The number of carboxylic acid groups (broad SMARTS) is 1. The van der Waals surface area contributed by atoms with E-state index in [2.05, 4.69) is 5.32 Å². The van der Waals surface area contributed by atoms with Crippen molar-refractivity contribution in [2.75, 3.05) is 6.54 Å². The molecule has 3 rings (SSSR count). The topological polar surface area (TPSA) is 104 Å². The summed E-state index contributed by atoms with van der Waals surface area (Å²) >= 11 is 0. The van der Waals surface area contributed by atoms with Crippen LogP contribution in [0.4, 0.5) is 0 Å². The van der Waals surface area contributed by atoms with Gasteiger partial charge in [-0.05, 0) is 25.2 Å². The summed E-state index contributed by atoms with van der Waals surface area (Å²) in [4.78, 5) is 48.1. The molecule has 2 bridgehead atoms. The lowest BCUT2D eigenvalue weighted by Crippen LogP contribution is -2.46. The number of hydrogen-bond donors (Lipinski definition) is 2. The van der Waals surface area contributed by atoms with E-state index in [9.17, 15) is 19.2 Å². The van der Waals surface area contributed by atoms with E-state index in [1.165, 1.54) is 6.92 Å². The van der Waals surface area contributed by atoms with Crippen molar-refractivity contribution in [3.8, 4) is 0 Å². The molecule has 7 heteroatoms. The number of carbonyl (C=O) groups is 4. The molecule has 1 aliphatic heterocycles. The third-order valence-electron chi connectivity index (χ3n) is 4.61. The molecule has 7 nitrogen and oxygen atoms in total. The first kappa shape index (κ1) is 13.8. The molecule has 112 valence electrons. The average molecular weight is 292 g/mol. The first-order valence-corrected chi connectivity index (χ1v) is 6.96. The van der Waals surface area contributed by atoms with Crippen LogP contribution in [0, 0.1) is 23.7 Å². The lowest BCUT2D eigenvalue weighted by molar-refractivity contribution is -0.145. The van der Waals surface area contributed by atoms with E-state index in [1.807, 2.05) is 12.2 Å². The molecule has 1 saturated heterocycles. The minimum atomic E-state index is -1.17. The van der Waals surface area contributed by atoms with E-state index in [-0.39, 0.29) is 35.5 Å². The van der Waals surface area contributed by atoms with E-state index in [4.69, 9.17) is 5.11 Å². The van der Waals surface area contributed by atoms with Crippen LogP contribution in [-0.2, 0) is 19.2 Å². The summed E-state index contributed by atoms with van der Waals surface area (Å²) in [5.41, 5.74) is 0. The first-order chi connectivity index (χ1) is 9.90. The summed E-state index contributed by atoms with van der Waals surface area (Å²) in [7, 11) is 0. The van der Waals surface area contributed by atoms with Gasteiger partial charge in [0, 0.05) is 0 Å². The Morgan fingerprint density at radius 3 is 2.29 bits per heavy atom. The molecule has 21 heavy (non-hydrogen) atoms. The van der Waals surface area contributed by atoms with Gasteiger partial charge in [0.05, 0.1) is 11.8 Å². The molecule has 0 aromatic rings. The van der Waals surface area contributed by atoms with Crippen molar-refractivity contribution < 1.29 is 24.3 Å².